The van der Waals surface area contributed by atoms with E-state index in [-0.39, 0.29) is 40.9 Å². The van der Waals surface area contributed by atoms with Gasteiger partial charge < -0.3 is 9.84 Å². The van der Waals surface area contributed by atoms with Crippen molar-refractivity contribution < 1.29 is 44.2 Å². The van der Waals surface area contributed by atoms with Crippen LogP contribution < -0.4 is 34.7 Å². The standard InChI is InChI=1S/C10H9NO3.Na/c1-14-10(13)8-4-6-5-11-3-2-7(6)9(8)12;/h2-3,5,12H,4H2,1H3;/q;+1/p-1. The number of hydrogen-bond donors (Lipinski definition) is 0. The Labute approximate surface area is 109 Å². The zero-order valence-corrected chi connectivity index (χ0v) is 10.6. The van der Waals surface area contributed by atoms with E-state index in [4.69, 9.17) is 0 Å². The van der Waals surface area contributed by atoms with E-state index in [1.54, 1.807) is 12.3 Å². The fourth-order valence-electron chi connectivity index (χ4n) is 1.51. The fourth-order valence-corrected chi connectivity index (χ4v) is 1.51. The molecular formula is C10H8NNaO3. The third-order valence-corrected chi connectivity index (χ3v) is 2.22. The molecule has 1 heterocycles. The van der Waals surface area contributed by atoms with E-state index >= 15 is 0 Å². The van der Waals surface area contributed by atoms with Gasteiger partial charge >= 0.3 is 35.5 Å². The number of ether oxygens (including phenoxy) is 1. The number of methoxy groups -OCH3 is 1. The van der Waals surface area contributed by atoms with Gasteiger partial charge in [-0.2, -0.15) is 0 Å². The van der Waals surface area contributed by atoms with Crippen molar-refractivity contribution in [2.45, 2.75) is 6.42 Å². The Morgan fingerprint density at radius 3 is 2.93 bits per heavy atom. The second-order valence-corrected chi connectivity index (χ2v) is 3.01. The second-order valence-electron chi connectivity index (χ2n) is 3.01. The molecule has 0 aliphatic heterocycles. The Balaban J connectivity index is 0.00000112. The SMILES string of the molecule is COC(=O)C1=C([O-])c2ccncc2C1.[Na+]. The number of esters is 1. The number of fused-ring (bicyclic) bond motifs is 1. The van der Waals surface area contributed by atoms with Crippen LogP contribution in [0.3, 0.4) is 0 Å². The molecule has 0 radical (unpaired) electrons. The quantitative estimate of drug-likeness (QED) is 0.366. The summed E-state index contributed by atoms with van der Waals surface area (Å²) in [6, 6.07) is 1.62. The normalized spacial score (nSPS) is 13.1. The van der Waals surface area contributed by atoms with Gasteiger partial charge in [-0.3, -0.25) is 4.98 Å². The van der Waals surface area contributed by atoms with E-state index in [1.807, 2.05) is 0 Å². The maximum atomic E-state index is 11.6. The van der Waals surface area contributed by atoms with Crippen molar-refractivity contribution in [3.63, 3.8) is 0 Å². The van der Waals surface area contributed by atoms with Crippen molar-refractivity contribution in [1.82, 2.24) is 4.98 Å². The minimum Gasteiger partial charge on any atom is -0.872 e. The molecule has 0 amide bonds. The number of carbonyl (C=O) groups excluding carboxylic acids is 1. The molecule has 0 N–H and O–H groups in total. The predicted molar refractivity (Wildman–Crippen MR) is 46.9 cm³/mol. The molecule has 1 aliphatic carbocycles. The fraction of sp³-hybridized carbons (Fsp3) is 0.200. The van der Waals surface area contributed by atoms with Crippen LogP contribution in [-0.2, 0) is 16.0 Å². The molecule has 0 bridgehead atoms. The van der Waals surface area contributed by atoms with Crippen LogP contribution in [0.2, 0.25) is 0 Å². The maximum absolute atomic E-state index is 11.6. The first-order valence-corrected chi connectivity index (χ1v) is 4.15. The summed E-state index contributed by atoms with van der Waals surface area (Å²) < 4.78 is 4.52. The summed E-state index contributed by atoms with van der Waals surface area (Å²) in [5, 5.41) is 11.6. The minimum atomic E-state index is -0.550. The largest absolute Gasteiger partial charge is 1.00 e. The summed E-state index contributed by atoms with van der Waals surface area (Å²) in [5.74, 6) is -0.791. The van der Waals surface area contributed by atoms with Gasteiger partial charge in [0, 0.05) is 24.4 Å². The topological polar surface area (TPSA) is 62.2 Å². The van der Waals surface area contributed by atoms with Crippen molar-refractivity contribution in [1.29, 1.82) is 0 Å². The molecule has 0 unspecified atom stereocenters. The summed E-state index contributed by atoms with van der Waals surface area (Å²) in [4.78, 5) is 15.1. The number of aromatic nitrogens is 1. The summed E-state index contributed by atoms with van der Waals surface area (Å²) in [6.07, 6.45) is 3.47. The predicted octanol–water partition coefficient (Wildman–Crippen LogP) is -3.11. The van der Waals surface area contributed by atoms with Crippen LogP contribution >= 0.6 is 0 Å². The van der Waals surface area contributed by atoms with Crippen LogP contribution in [0, 0.1) is 0 Å². The zero-order valence-electron chi connectivity index (χ0n) is 8.61. The number of nitrogens with zero attached hydrogens (tertiary/aromatic N) is 1. The second kappa shape index (κ2) is 4.79. The Hall–Kier alpha value is -0.840. The Morgan fingerprint density at radius 2 is 2.33 bits per heavy atom. The molecule has 0 aromatic carbocycles. The van der Waals surface area contributed by atoms with Crippen LogP contribution in [0.25, 0.3) is 5.76 Å². The zero-order chi connectivity index (χ0) is 10.1. The first kappa shape index (κ1) is 12.2. The number of pyridine rings is 1. The monoisotopic (exact) mass is 213 g/mol. The van der Waals surface area contributed by atoms with Gasteiger partial charge in [0.05, 0.1) is 7.11 Å². The van der Waals surface area contributed by atoms with E-state index < -0.39 is 5.97 Å². The maximum Gasteiger partial charge on any atom is 1.00 e. The van der Waals surface area contributed by atoms with Gasteiger partial charge in [0.1, 0.15) is 0 Å². The molecule has 72 valence electrons. The third kappa shape index (κ3) is 2.07. The van der Waals surface area contributed by atoms with Gasteiger partial charge in [-0.15, -0.1) is 0 Å². The molecule has 0 fully saturated rings. The van der Waals surface area contributed by atoms with E-state index in [0.29, 0.717) is 12.0 Å². The van der Waals surface area contributed by atoms with E-state index in [2.05, 4.69) is 9.72 Å². The van der Waals surface area contributed by atoms with Gasteiger partial charge in [-0.05, 0) is 17.2 Å². The van der Waals surface area contributed by atoms with Crippen LogP contribution in [0.1, 0.15) is 11.1 Å². The van der Waals surface area contributed by atoms with Gasteiger partial charge in [-0.1, -0.05) is 5.76 Å². The molecule has 1 aromatic heterocycles. The molecular weight excluding hydrogens is 205 g/mol. The number of carbonyl (C=O) groups is 1. The van der Waals surface area contributed by atoms with Crippen LogP contribution in [-0.4, -0.2) is 18.1 Å². The molecule has 1 aliphatic rings. The van der Waals surface area contributed by atoms with E-state index in [1.165, 1.54) is 13.3 Å². The van der Waals surface area contributed by atoms with Gasteiger partial charge in [0.25, 0.3) is 0 Å². The first-order chi connectivity index (χ1) is 6.74. The Bertz CT molecular complexity index is 428. The summed E-state index contributed by atoms with van der Waals surface area (Å²) in [5.41, 5.74) is 1.54. The molecule has 0 saturated carbocycles. The number of hydrogen-bond acceptors (Lipinski definition) is 4. The molecule has 0 saturated heterocycles. The van der Waals surface area contributed by atoms with Crippen LogP contribution in [0.15, 0.2) is 24.0 Å². The average molecular weight is 213 g/mol. The van der Waals surface area contributed by atoms with Gasteiger partial charge in [-0.25, -0.2) is 4.79 Å². The summed E-state index contributed by atoms with van der Waals surface area (Å²) >= 11 is 0. The molecule has 1 aromatic rings. The molecule has 2 rings (SSSR count). The molecule has 15 heavy (non-hydrogen) atoms. The molecule has 0 spiro atoms. The van der Waals surface area contributed by atoms with Crippen molar-refractivity contribution >= 4 is 11.7 Å². The van der Waals surface area contributed by atoms with E-state index in [0.717, 1.165) is 5.56 Å². The van der Waals surface area contributed by atoms with Crippen molar-refractivity contribution in [3.05, 3.63) is 35.2 Å². The average Bonchev–Trinajstić information content (AvgIpc) is 2.56. The van der Waals surface area contributed by atoms with E-state index in [9.17, 15) is 9.90 Å². The van der Waals surface area contributed by atoms with Gasteiger partial charge in [0.2, 0.25) is 0 Å². The number of rotatable bonds is 1. The molecule has 0 atom stereocenters. The van der Waals surface area contributed by atoms with Crippen molar-refractivity contribution in [3.8, 4) is 0 Å². The Morgan fingerprint density at radius 1 is 1.60 bits per heavy atom. The smallest absolute Gasteiger partial charge is 0.872 e. The molecule has 4 nitrogen and oxygen atoms in total. The van der Waals surface area contributed by atoms with Crippen LogP contribution in [0.4, 0.5) is 0 Å². The van der Waals surface area contributed by atoms with Crippen molar-refractivity contribution in [2.24, 2.45) is 0 Å². The van der Waals surface area contributed by atoms with Crippen molar-refractivity contribution in [2.75, 3.05) is 7.11 Å². The van der Waals surface area contributed by atoms with Gasteiger partial charge in [0.15, 0.2) is 0 Å². The third-order valence-electron chi connectivity index (χ3n) is 2.22. The Kier molecular flexibility index (Phi) is 3.90. The molecule has 5 heteroatoms. The van der Waals surface area contributed by atoms with Crippen LogP contribution in [0.5, 0.6) is 0 Å². The summed E-state index contributed by atoms with van der Waals surface area (Å²) in [6.45, 7) is 0. The first-order valence-electron chi connectivity index (χ1n) is 4.15. The minimum absolute atomic E-state index is 0. The summed E-state index contributed by atoms with van der Waals surface area (Å²) in [7, 11) is 1.27.